The minimum absolute atomic E-state index is 0.387. The SMILES string of the molecule is C/C(CC(C)(C)O)=N/N(C)c1ccc(C(F)(F)F)cc1.CC. The lowest BCUT2D eigenvalue weighted by Gasteiger charge is -2.19. The van der Waals surface area contributed by atoms with E-state index in [1.165, 1.54) is 17.1 Å². The Kier molecular flexibility index (Phi) is 7.59. The maximum atomic E-state index is 12.4. The van der Waals surface area contributed by atoms with Gasteiger partial charge in [0.05, 0.1) is 16.9 Å². The summed E-state index contributed by atoms with van der Waals surface area (Å²) in [4.78, 5) is 0. The molecule has 0 radical (unpaired) electrons. The topological polar surface area (TPSA) is 35.8 Å². The van der Waals surface area contributed by atoms with Crippen LogP contribution < -0.4 is 5.01 Å². The Bertz CT molecular complexity index is 474. The molecule has 0 aliphatic heterocycles. The van der Waals surface area contributed by atoms with Gasteiger partial charge in [0.25, 0.3) is 0 Å². The Hall–Kier alpha value is -1.56. The smallest absolute Gasteiger partial charge is 0.390 e. The summed E-state index contributed by atoms with van der Waals surface area (Å²) in [6, 6.07) is 4.77. The van der Waals surface area contributed by atoms with Crippen LogP contribution in [0.1, 0.15) is 46.6 Å². The third kappa shape index (κ3) is 7.45. The van der Waals surface area contributed by atoms with Crippen molar-refractivity contribution in [3.8, 4) is 0 Å². The van der Waals surface area contributed by atoms with Gasteiger partial charge in [0, 0.05) is 19.2 Å². The van der Waals surface area contributed by atoms with Gasteiger partial charge in [0.2, 0.25) is 0 Å². The van der Waals surface area contributed by atoms with Crippen LogP contribution >= 0.6 is 0 Å². The maximum Gasteiger partial charge on any atom is 0.416 e. The molecular formula is C16H25F3N2O. The summed E-state index contributed by atoms with van der Waals surface area (Å²) < 4.78 is 37.3. The van der Waals surface area contributed by atoms with Crippen LogP contribution in [0.4, 0.5) is 18.9 Å². The fraction of sp³-hybridized carbons (Fsp3) is 0.562. The van der Waals surface area contributed by atoms with Crippen molar-refractivity contribution < 1.29 is 18.3 Å². The highest BCUT2D eigenvalue weighted by Gasteiger charge is 2.30. The average molecular weight is 318 g/mol. The Labute approximate surface area is 130 Å². The highest BCUT2D eigenvalue weighted by molar-refractivity contribution is 5.83. The monoisotopic (exact) mass is 318 g/mol. The van der Waals surface area contributed by atoms with Gasteiger partial charge in [-0.1, -0.05) is 13.8 Å². The number of rotatable bonds is 4. The highest BCUT2D eigenvalue weighted by atomic mass is 19.4. The zero-order valence-electron chi connectivity index (χ0n) is 14.0. The van der Waals surface area contributed by atoms with E-state index in [2.05, 4.69) is 5.10 Å². The summed E-state index contributed by atoms with van der Waals surface area (Å²) >= 11 is 0. The number of alkyl halides is 3. The molecule has 0 heterocycles. The number of aliphatic hydroxyl groups is 1. The van der Waals surface area contributed by atoms with Crippen molar-refractivity contribution in [3.05, 3.63) is 29.8 Å². The van der Waals surface area contributed by atoms with E-state index >= 15 is 0 Å². The second kappa shape index (κ2) is 8.17. The first kappa shape index (κ1) is 20.4. The van der Waals surface area contributed by atoms with Crippen molar-refractivity contribution in [2.24, 2.45) is 5.10 Å². The van der Waals surface area contributed by atoms with Crippen molar-refractivity contribution >= 4 is 11.4 Å². The van der Waals surface area contributed by atoms with Gasteiger partial charge >= 0.3 is 6.18 Å². The van der Waals surface area contributed by atoms with Crippen LogP contribution in [0, 0.1) is 0 Å². The van der Waals surface area contributed by atoms with E-state index in [4.69, 9.17) is 0 Å². The first-order chi connectivity index (χ1) is 9.99. The summed E-state index contributed by atoms with van der Waals surface area (Å²) in [6.07, 6.45) is -3.95. The molecule has 0 aliphatic carbocycles. The molecule has 0 fully saturated rings. The van der Waals surface area contributed by atoms with Crippen molar-refractivity contribution in [1.82, 2.24) is 0 Å². The molecule has 1 aromatic carbocycles. The first-order valence-electron chi connectivity index (χ1n) is 7.16. The van der Waals surface area contributed by atoms with Crippen LogP contribution in [0.2, 0.25) is 0 Å². The molecule has 0 aromatic heterocycles. The quantitative estimate of drug-likeness (QED) is 0.645. The van der Waals surface area contributed by atoms with Gasteiger partial charge in [0.1, 0.15) is 0 Å². The van der Waals surface area contributed by atoms with E-state index in [1.54, 1.807) is 27.8 Å². The number of halogens is 3. The van der Waals surface area contributed by atoms with Gasteiger partial charge in [-0.25, -0.2) is 0 Å². The predicted octanol–water partition coefficient (Wildman–Crippen LogP) is 4.70. The average Bonchev–Trinajstić information content (AvgIpc) is 2.38. The molecule has 1 rings (SSSR count). The largest absolute Gasteiger partial charge is 0.416 e. The van der Waals surface area contributed by atoms with Crippen molar-refractivity contribution in [3.63, 3.8) is 0 Å². The van der Waals surface area contributed by atoms with Gasteiger partial charge in [-0.15, -0.1) is 0 Å². The van der Waals surface area contributed by atoms with Crippen LogP contribution in [0.25, 0.3) is 0 Å². The van der Waals surface area contributed by atoms with Crippen LogP contribution in [0.15, 0.2) is 29.4 Å². The molecule has 0 spiro atoms. The first-order valence-corrected chi connectivity index (χ1v) is 7.16. The highest BCUT2D eigenvalue weighted by Crippen LogP contribution is 2.30. The number of anilines is 1. The van der Waals surface area contributed by atoms with E-state index in [0.29, 0.717) is 17.8 Å². The molecule has 1 aromatic rings. The van der Waals surface area contributed by atoms with Crippen LogP contribution in [0.5, 0.6) is 0 Å². The minimum atomic E-state index is -4.34. The van der Waals surface area contributed by atoms with Gasteiger partial charge in [-0.2, -0.15) is 18.3 Å². The predicted molar refractivity (Wildman–Crippen MR) is 85.2 cm³/mol. The summed E-state index contributed by atoms with van der Waals surface area (Å²) in [5.74, 6) is 0. The molecule has 0 bridgehead atoms. The summed E-state index contributed by atoms with van der Waals surface area (Å²) in [6.45, 7) is 9.10. The van der Waals surface area contributed by atoms with Gasteiger partial charge in [0.15, 0.2) is 0 Å². The zero-order chi connectivity index (χ0) is 17.6. The van der Waals surface area contributed by atoms with Crippen LogP contribution in [0.3, 0.4) is 0 Å². The zero-order valence-corrected chi connectivity index (χ0v) is 14.0. The Morgan fingerprint density at radius 2 is 1.59 bits per heavy atom. The van der Waals surface area contributed by atoms with Crippen molar-refractivity contribution in [1.29, 1.82) is 0 Å². The summed E-state index contributed by atoms with van der Waals surface area (Å²) in [7, 11) is 1.65. The van der Waals surface area contributed by atoms with Gasteiger partial charge < -0.3 is 5.11 Å². The Morgan fingerprint density at radius 3 is 1.95 bits per heavy atom. The maximum absolute atomic E-state index is 12.4. The van der Waals surface area contributed by atoms with Gasteiger partial charge in [-0.3, -0.25) is 5.01 Å². The van der Waals surface area contributed by atoms with Crippen LogP contribution in [-0.4, -0.2) is 23.5 Å². The van der Waals surface area contributed by atoms with Crippen molar-refractivity contribution in [2.75, 3.05) is 12.1 Å². The molecule has 0 aliphatic rings. The molecule has 0 atom stereocenters. The molecule has 126 valence electrons. The number of hydrazone groups is 1. The molecule has 1 N–H and O–H groups in total. The molecule has 0 unspecified atom stereocenters. The number of nitrogens with zero attached hydrogens (tertiary/aromatic N) is 2. The van der Waals surface area contributed by atoms with Crippen LogP contribution in [-0.2, 0) is 6.18 Å². The molecule has 0 saturated carbocycles. The Morgan fingerprint density at radius 1 is 1.14 bits per heavy atom. The van der Waals surface area contributed by atoms with E-state index in [1.807, 2.05) is 13.8 Å². The molecule has 22 heavy (non-hydrogen) atoms. The fourth-order valence-electron chi connectivity index (χ4n) is 1.84. The van der Waals surface area contributed by atoms with Crippen molar-refractivity contribution in [2.45, 2.75) is 52.8 Å². The summed E-state index contributed by atoms with van der Waals surface area (Å²) in [5.41, 5.74) is -0.311. The number of hydrogen-bond acceptors (Lipinski definition) is 3. The normalized spacial score (nSPS) is 12.5. The Balaban J connectivity index is 0.00000211. The lowest BCUT2D eigenvalue weighted by Crippen LogP contribution is -2.23. The fourth-order valence-corrected chi connectivity index (χ4v) is 1.84. The standard InChI is InChI=1S/C14H19F3N2O.C2H6/c1-10(9-13(2,3)20)18-19(4)12-7-5-11(6-8-12)14(15,16)17;1-2/h5-8,20H,9H2,1-4H3;1-2H3/b18-10-;. The molecule has 6 heteroatoms. The van der Waals surface area contributed by atoms with E-state index < -0.39 is 17.3 Å². The lowest BCUT2D eigenvalue weighted by molar-refractivity contribution is -0.137. The summed E-state index contributed by atoms with van der Waals surface area (Å²) in [5, 5.41) is 15.4. The molecule has 0 amide bonds. The minimum Gasteiger partial charge on any atom is -0.390 e. The lowest BCUT2D eigenvalue weighted by atomic mass is 10.0. The van der Waals surface area contributed by atoms with E-state index in [9.17, 15) is 18.3 Å². The number of hydrogen-bond donors (Lipinski definition) is 1. The molecule has 3 nitrogen and oxygen atoms in total. The molecule has 0 saturated heterocycles. The number of benzene rings is 1. The second-order valence-electron chi connectivity index (χ2n) is 5.39. The third-order valence-electron chi connectivity index (χ3n) is 2.58. The van der Waals surface area contributed by atoms with E-state index in [-0.39, 0.29) is 0 Å². The molecular weight excluding hydrogens is 293 g/mol. The van der Waals surface area contributed by atoms with Gasteiger partial charge in [-0.05, 0) is 45.0 Å². The third-order valence-corrected chi connectivity index (χ3v) is 2.58. The second-order valence-corrected chi connectivity index (χ2v) is 5.39. The van der Waals surface area contributed by atoms with E-state index in [0.717, 1.165) is 12.1 Å².